The van der Waals surface area contributed by atoms with Gasteiger partial charge in [-0.25, -0.2) is 17.8 Å². The zero-order valence-corrected chi connectivity index (χ0v) is 18.0. The van der Waals surface area contributed by atoms with Gasteiger partial charge in [-0.3, -0.25) is 9.59 Å². The van der Waals surface area contributed by atoms with E-state index in [9.17, 15) is 22.4 Å². The highest BCUT2D eigenvalue weighted by atomic mass is 32.2. The van der Waals surface area contributed by atoms with Crippen LogP contribution in [0.25, 0.3) is 5.78 Å². The van der Waals surface area contributed by atoms with Crippen molar-refractivity contribution in [3.63, 3.8) is 0 Å². The number of aryl methyl sites for hydroxylation is 1. The highest BCUT2D eigenvalue weighted by Gasteiger charge is 2.28. The van der Waals surface area contributed by atoms with Crippen molar-refractivity contribution in [1.29, 1.82) is 0 Å². The first-order valence-corrected chi connectivity index (χ1v) is 11.8. The second-order valence-electron chi connectivity index (χ2n) is 7.74. The Morgan fingerprint density at radius 2 is 2.03 bits per heavy atom. The van der Waals surface area contributed by atoms with Crippen LogP contribution in [0, 0.1) is 18.7 Å². The summed E-state index contributed by atoms with van der Waals surface area (Å²) in [7, 11) is -3.05. The van der Waals surface area contributed by atoms with Crippen molar-refractivity contribution in [1.82, 2.24) is 30.2 Å². The molecule has 1 atom stereocenters. The molecule has 1 aliphatic heterocycles. The molecule has 168 valence electrons. The first-order chi connectivity index (χ1) is 15.2. The molecular formula is C20H21FN6O4S. The largest absolute Gasteiger partial charge is 0.350 e. The maximum Gasteiger partial charge on any atom is 0.270 e. The van der Waals surface area contributed by atoms with Crippen LogP contribution in [0.15, 0.2) is 30.6 Å². The summed E-state index contributed by atoms with van der Waals surface area (Å²) >= 11 is 0. The van der Waals surface area contributed by atoms with Crippen LogP contribution in [0.3, 0.4) is 0 Å². The van der Waals surface area contributed by atoms with Crippen LogP contribution in [-0.4, -0.2) is 57.9 Å². The molecule has 0 spiro atoms. The van der Waals surface area contributed by atoms with E-state index in [0.717, 1.165) is 0 Å². The summed E-state index contributed by atoms with van der Waals surface area (Å²) in [5, 5.41) is 9.37. The predicted octanol–water partition coefficient (Wildman–Crippen LogP) is 0.666. The molecule has 1 aliphatic rings. The van der Waals surface area contributed by atoms with Gasteiger partial charge in [0.1, 0.15) is 23.5 Å². The van der Waals surface area contributed by atoms with Gasteiger partial charge in [0.25, 0.3) is 17.6 Å². The van der Waals surface area contributed by atoms with Gasteiger partial charge in [-0.15, -0.1) is 0 Å². The number of hydrogen-bond acceptors (Lipinski definition) is 7. The van der Waals surface area contributed by atoms with Crippen LogP contribution < -0.4 is 10.6 Å². The predicted molar refractivity (Wildman–Crippen MR) is 112 cm³/mol. The van der Waals surface area contributed by atoms with Crippen molar-refractivity contribution < 1.29 is 22.4 Å². The summed E-state index contributed by atoms with van der Waals surface area (Å²) in [6.45, 7) is 1.98. The number of nitrogens with zero attached hydrogens (tertiary/aromatic N) is 4. The van der Waals surface area contributed by atoms with E-state index in [-0.39, 0.29) is 53.5 Å². The zero-order chi connectivity index (χ0) is 22.9. The van der Waals surface area contributed by atoms with Gasteiger partial charge < -0.3 is 10.6 Å². The third-order valence-electron chi connectivity index (χ3n) is 5.27. The number of carbonyl (C=O) groups excluding carboxylic acids is 2. The summed E-state index contributed by atoms with van der Waals surface area (Å²) in [6, 6.07) is 5.83. The maximum absolute atomic E-state index is 13.4. The van der Waals surface area contributed by atoms with E-state index in [1.807, 2.05) is 0 Å². The van der Waals surface area contributed by atoms with E-state index in [1.54, 1.807) is 19.1 Å². The van der Waals surface area contributed by atoms with Crippen molar-refractivity contribution in [2.24, 2.45) is 5.92 Å². The second-order valence-corrected chi connectivity index (χ2v) is 9.97. The number of aromatic nitrogens is 4. The van der Waals surface area contributed by atoms with Gasteiger partial charge in [-0.1, -0.05) is 12.1 Å². The average Bonchev–Trinajstić information content (AvgIpc) is 3.37. The number of carbonyl (C=O) groups is 2. The zero-order valence-electron chi connectivity index (χ0n) is 17.2. The second kappa shape index (κ2) is 8.61. The molecule has 0 saturated carbocycles. The van der Waals surface area contributed by atoms with Gasteiger partial charge in [-0.2, -0.15) is 14.6 Å². The van der Waals surface area contributed by atoms with Crippen LogP contribution in [-0.2, 0) is 16.4 Å². The topological polar surface area (TPSA) is 135 Å². The Hall–Kier alpha value is -3.41. The fourth-order valence-corrected chi connectivity index (χ4v) is 5.40. The molecule has 1 fully saturated rings. The van der Waals surface area contributed by atoms with Gasteiger partial charge in [0.15, 0.2) is 9.84 Å². The quantitative estimate of drug-likeness (QED) is 0.552. The van der Waals surface area contributed by atoms with E-state index in [1.165, 1.54) is 23.0 Å². The first kappa shape index (κ1) is 21.8. The van der Waals surface area contributed by atoms with E-state index in [2.05, 4.69) is 25.7 Å². The number of hydrogen-bond donors (Lipinski definition) is 2. The van der Waals surface area contributed by atoms with Gasteiger partial charge >= 0.3 is 0 Å². The van der Waals surface area contributed by atoms with E-state index >= 15 is 0 Å². The molecule has 2 N–H and O–H groups in total. The number of amides is 2. The lowest BCUT2D eigenvalue weighted by Crippen LogP contribution is -2.32. The number of halogens is 1. The van der Waals surface area contributed by atoms with Gasteiger partial charge in [-0.05, 0) is 36.5 Å². The van der Waals surface area contributed by atoms with Crippen molar-refractivity contribution in [3.05, 3.63) is 58.9 Å². The molecule has 32 heavy (non-hydrogen) atoms. The Morgan fingerprint density at radius 1 is 1.22 bits per heavy atom. The third kappa shape index (κ3) is 4.74. The summed E-state index contributed by atoms with van der Waals surface area (Å²) in [4.78, 5) is 33.5. The molecular weight excluding hydrogens is 439 g/mol. The Balaban J connectivity index is 1.48. The molecule has 2 amide bonds. The maximum atomic E-state index is 13.4. The molecule has 3 aromatic rings. The fraction of sp³-hybridized carbons (Fsp3) is 0.350. The molecule has 2 aromatic heterocycles. The van der Waals surface area contributed by atoms with Crippen LogP contribution in [0.4, 0.5) is 4.39 Å². The Kier molecular flexibility index (Phi) is 5.87. The SMILES string of the molecule is Cc1cc(CNC(=O)c2cc(C(=O)NCC3CCS(=O)(=O)C3)n3ncnc3n2)ccc1F. The Morgan fingerprint density at radius 3 is 2.75 bits per heavy atom. The molecule has 1 unspecified atom stereocenters. The Bertz CT molecular complexity index is 1310. The molecule has 12 heteroatoms. The van der Waals surface area contributed by atoms with Crippen LogP contribution in [0.5, 0.6) is 0 Å². The lowest BCUT2D eigenvalue weighted by molar-refractivity contribution is 0.0940. The molecule has 1 aromatic carbocycles. The number of fused-ring (bicyclic) bond motifs is 1. The van der Waals surface area contributed by atoms with Crippen molar-refractivity contribution in [2.45, 2.75) is 19.9 Å². The number of sulfone groups is 1. The molecule has 0 aliphatic carbocycles. The summed E-state index contributed by atoms with van der Waals surface area (Å²) in [6.07, 6.45) is 1.71. The van der Waals surface area contributed by atoms with Gasteiger partial charge in [0.2, 0.25) is 0 Å². The van der Waals surface area contributed by atoms with Crippen LogP contribution in [0.1, 0.15) is 38.5 Å². The number of benzene rings is 1. The molecule has 4 rings (SSSR count). The lowest BCUT2D eigenvalue weighted by Gasteiger charge is -2.11. The highest BCUT2D eigenvalue weighted by molar-refractivity contribution is 7.91. The molecule has 1 saturated heterocycles. The number of nitrogens with one attached hydrogen (secondary N) is 2. The summed E-state index contributed by atoms with van der Waals surface area (Å²) < 4.78 is 37.8. The molecule has 3 heterocycles. The highest BCUT2D eigenvalue weighted by Crippen LogP contribution is 2.17. The van der Waals surface area contributed by atoms with Crippen molar-refractivity contribution >= 4 is 27.4 Å². The van der Waals surface area contributed by atoms with Gasteiger partial charge in [0.05, 0.1) is 11.5 Å². The monoisotopic (exact) mass is 460 g/mol. The third-order valence-corrected chi connectivity index (χ3v) is 7.11. The van der Waals surface area contributed by atoms with E-state index in [4.69, 9.17) is 0 Å². The number of rotatable bonds is 6. The molecule has 10 nitrogen and oxygen atoms in total. The standard InChI is InChI=1S/C20H21FN6O4S/c1-12-6-13(2-3-15(12)21)8-22-18(28)16-7-17(27-20(26-16)24-11-25-27)19(29)23-9-14-4-5-32(30,31)10-14/h2-3,6-7,11,14H,4-5,8-10H2,1H3,(H,22,28)(H,23,29). The molecule has 0 bridgehead atoms. The summed E-state index contributed by atoms with van der Waals surface area (Å²) in [5.74, 6) is -1.30. The van der Waals surface area contributed by atoms with E-state index < -0.39 is 21.7 Å². The fourth-order valence-electron chi connectivity index (χ4n) is 3.54. The first-order valence-electron chi connectivity index (χ1n) is 9.94. The van der Waals surface area contributed by atoms with Crippen LogP contribution in [0.2, 0.25) is 0 Å². The van der Waals surface area contributed by atoms with E-state index in [0.29, 0.717) is 17.5 Å². The smallest absolute Gasteiger partial charge is 0.270 e. The van der Waals surface area contributed by atoms with Crippen molar-refractivity contribution in [3.8, 4) is 0 Å². The lowest BCUT2D eigenvalue weighted by atomic mass is 10.1. The van der Waals surface area contributed by atoms with Gasteiger partial charge in [0, 0.05) is 19.2 Å². The summed E-state index contributed by atoms with van der Waals surface area (Å²) in [5.41, 5.74) is 1.20. The minimum Gasteiger partial charge on any atom is -0.350 e. The minimum atomic E-state index is -3.05. The average molecular weight is 460 g/mol. The van der Waals surface area contributed by atoms with Crippen molar-refractivity contribution in [2.75, 3.05) is 18.1 Å². The van der Waals surface area contributed by atoms with Crippen LogP contribution >= 0.6 is 0 Å². The normalized spacial score (nSPS) is 17.4. The Labute approximate surface area is 183 Å². The molecule has 0 radical (unpaired) electrons. The minimum absolute atomic E-state index is 0.0297.